The standard InChI is InChI=1S/C21H19FN2O5S/c1-24(30(27,28)17-11-9-16(22)10-12-17)13-21(26)29-14-20(25)23-19-8-4-6-15-5-2-3-7-18(15)19/h2-12H,13-14H2,1H3,(H,23,25). The first-order chi connectivity index (χ1) is 14.3. The first-order valence-corrected chi connectivity index (χ1v) is 10.4. The van der Waals surface area contributed by atoms with E-state index in [2.05, 4.69) is 5.32 Å². The fraction of sp³-hybridized carbons (Fsp3) is 0.143. The van der Waals surface area contributed by atoms with E-state index in [1.807, 2.05) is 30.3 Å². The smallest absolute Gasteiger partial charge is 0.321 e. The average molecular weight is 430 g/mol. The zero-order valence-electron chi connectivity index (χ0n) is 16.0. The van der Waals surface area contributed by atoms with Crippen LogP contribution in [0.2, 0.25) is 0 Å². The Balaban J connectivity index is 1.56. The van der Waals surface area contributed by atoms with Crippen molar-refractivity contribution in [3.8, 4) is 0 Å². The van der Waals surface area contributed by atoms with Crippen molar-refractivity contribution in [3.63, 3.8) is 0 Å². The summed E-state index contributed by atoms with van der Waals surface area (Å²) in [6.45, 7) is -1.16. The van der Waals surface area contributed by atoms with E-state index in [-0.39, 0.29) is 4.90 Å². The van der Waals surface area contributed by atoms with Gasteiger partial charge in [-0.3, -0.25) is 9.59 Å². The zero-order chi connectivity index (χ0) is 21.7. The van der Waals surface area contributed by atoms with Crippen molar-refractivity contribution in [2.45, 2.75) is 4.90 Å². The summed E-state index contributed by atoms with van der Waals surface area (Å²) in [5, 5.41) is 4.45. The van der Waals surface area contributed by atoms with Gasteiger partial charge in [0.1, 0.15) is 12.4 Å². The molecule has 3 rings (SSSR count). The Morgan fingerprint density at radius 3 is 2.40 bits per heavy atom. The summed E-state index contributed by atoms with van der Waals surface area (Å²) in [5.41, 5.74) is 0.574. The Kier molecular flexibility index (Phi) is 6.43. The lowest BCUT2D eigenvalue weighted by Crippen LogP contribution is -2.34. The van der Waals surface area contributed by atoms with Crippen molar-refractivity contribution >= 4 is 38.4 Å². The van der Waals surface area contributed by atoms with Crippen molar-refractivity contribution in [1.29, 1.82) is 0 Å². The van der Waals surface area contributed by atoms with Gasteiger partial charge in [-0.1, -0.05) is 36.4 Å². The Morgan fingerprint density at radius 2 is 1.67 bits per heavy atom. The minimum atomic E-state index is -4.00. The number of benzene rings is 3. The molecule has 156 valence electrons. The molecule has 30 heavy (non-hydrogen) atoms. The number of carbonyl (C=O) groups excluding carboxylic acids is 2. The van der Waals surface area contributed by atoms with E-state index < -0.39 is 40.9 Å². The third kappa shape index (κ3) is 5.00. The number of rotatable bonds is 7. The van der Waals surface area contributed by atoms with Gasteiger partial charge in [-0.15, -0.1) is 0 Å². The molecule has 1 amide bonds. The Morgan fingerprint density at radius 1 is 1.00 bits per heavy atom. The van der Waals surface area contributed by atoms with Crippen LogP contribution in [0, 0.1) is 5.82 Å². The first-order valence-electron chi connectivity index (χ1n) is 8.92. The molecule has 1 N–H and O–H groups in total. The number of carbonyl (C=O) groups is 2. The third-order valence-corrected chi connectivity index (χ3v) is 6.12. The number of nitrogens with one attached hydrogen (secondary N) is 1. The highest BCUT2D eigenvalue weighted by Gasteiger charge is 2.24. The minimum absolute atomic E-state index is 0.159. The maximum Gasteiger partial charge on any atom is 0.321 e. The summed E-state index contributed by atoms with van der Waals surface area (Å²) in [4.78, 5) is 24.0. The molecule has 3 aromatic rings. The monoisotopic (exact) mass is 430 g/mol. The van der Waals surface area contributed by atoms with Gasteiger partial charge in [0.2, 0.25) is 10.0 Å². The molecule has 0 aliphatic heterocycles. The van der Waals surface area contributed by atoms with Crippen LogP contribution in [0.4, 0.5) is 10.1 Å². The summed E-state index contributed by atoms with van der Waals surface area (Å²) < 4.78 is 43.4. The van der Waals surface area contributed by atoms with E-state index in [1.165, 1.54) is 7.05 Å². The number of likely N-dealkylation sites (N-methyl/N-ethyl adjacent to an activating group) is 1. The summed E-state index contributed by atoms with van der Waals surface area (Å²) in [7, 11) is -2.81. The van der Waals surface area contributed by atoms with Crippen LogP contribution < -0.4 is 5.32 Å². The van der Waals surface area contributed by atoms with Gasteiger partial charge in [-0.05, 0) is 35.7 Å². The molecule has 0 spiro atoms. The highest BCUT2D eigenvalue weighted by molar-refractivity contribution is 7.89. The van der Waals surface area contributed by atoms with Gasteiger partial charge in [-0.25, -0.2) is 12.8 Å². The molecule has 0 aliphatic carbocycles. The average Bonchev–Trinajstić information content (AvgIpc) is 2.73. The van der Waals surface area contributed by atoms with Crippen molar-refractivity contribution in [2.24, 2.45) is 0 Å². The van der Waals surface area contributed by atoms with Gasteiger partial charge >= 0.3 is 5.97 Å². The van der Waals surface area contributed by atoms with E-state index in [0.29, 0.717) is 5.69 Å². The largest absolute Gasteiger partial charge is 0.455 e. The molecule has 3 aromatic carbocycles. The lowest BCUT2D eigenvalue weighted by molar-refractivity contribution is -0.147. The number of sulfonamides is 1. The predicted octanol–water partition coefficient (Wildman–Crippen LogP) is 2.78. The number of fused-ring (bicyclic) bond motifs is 1. The van der Waals surface area contributed by atoms with Gasteiger partial charge < -0.3 is 10.1 Å². The number of hydrogen-bond acceptors (Lipinski definition) is 5. The molecule has 7 nitrogen and oxygen atoms in total. The SMILES string of the molecule is CN(CC(=O)OCC(=O)Nc1cccc2ccccc12)S(=O)(=O)c1ccc(F)cc1. The van der Waals surface area contributed by atoms with Crippen LogP contribution in [0.5, 0.6) is 0 Å². The zero-order valence-corrected chi connectivity index (χ0v) is 16.9. The van der Waals surface area contributed by atoms with Crippen LogP contribution in [0.1, 0.15) is 0 Å². The van der Waals surface area contributed by atoms with Crippen LogP contribution in [0.3, 0.4) is 0 Å². The molecule has 0 aromatic heterocycles. The number of hydrogen-bond donors (Lipinski definition) is 1. The number of ether oxygens (including phenoxy) is 1. The number of halogens is 1. The van der Waals surface area contributed by atoms with Crippen molar-refractivity contribution in [3.05, 3.63) is 72.5 Å². The Bertz CT molecular complexity index is 1170. The molecule has 0 heterocycles. The molecular formula is C21H19FN2O5S. The van der Waals surface area contributed by atoms with Gasteiger partial charge in [-0.2, -0.15) is 4.31 Å². The normalized spacial score (nSPS) is 11.4. The van der Waals surface area contributed by atoms with E-state index >= 15 is 0 Å². The summed E-state index contributed by atoms with van der Waals surface area (Å²) >= 11 is 0. The van der Waals surface area contributed by atoms with Gasteiger partial charge in [0.05, 0.1) is 4.90 Å². The van der Waals surface area contributed by atoms with E-state index in [1.54, 1.807) is 12.1 Å². The number of amides is 1. The van der Waals surface area contributed by atoms with E-state index in [9.17, 15) is 22.4 Å². The summed E-state index contributed by atoms with van der Waals surface area (Å²) in [6.07, 6.45) is 0. The molecule has 0 aliphatic rings. The third-order valence-electron chi connectivity index (χ3n) is 4.30. The van der Waals surface area contributed by atoms with E-state index in [4.69, 9.17) is 4.74 Å². The molecule has 0 unspecified atom stereocenters. The van der Waals surface area contributed by atoms with Crippen LogP contribution in [-0.2, 0) is 24.3 Å². The number of esters is 1. The second-order valence-corrected chi connectivity index (χ2v) is 8.50. The Hall–Kier alpha value is -3.30. The second-order valence-electron chi connectivity index (χ2n) is 6.45. The molecule has 0 radical (unpaired) electrons. The molecule has 9 heteroatoms. The summed E-state index contributed by atoms with van der Waals surface area (Å²) in [5.74, 6) is -2.02. The van der Waals surface area contributed by atoms with Crippen molar-refractivity contribution in [2.75, 3.05) is 25.5 Å². The lowest BCUT2D eigenvalue weighted by Gasteiger charge is -2.16. The fourth-order valence-electron chi connectivity index (χ4n) is 2.77. The second kappa shape index (κ2) is 9.02. The van der Waals surface area contributed by atoms with Gasteiger partial charge in [0.25, 0.3) is 5.91 Å². The number of nitrogens with zero attached hydrogens (tertiary/aromatic N) is 1. The maximum absolute atomic E-state index is 13.0. The first kappa shape index (κ1) is 21.4. The quantitative estimate of drug-likeness (QED) is 0.582. The van der Waals surface area contributed by atoms with Crippen molar-refractivity contribution in [1.82, 2.24) is 4.31 Å². The lowest BCUT2D eigenvalue weighted by atomic mass is 10.1. The van der Waals surface area contributed by atoms with Crippen LogP contribution in [-0.4, -0.2) is 44.8 Å². The van der Waals surface area contributed by atoms with Gasteiger partial charge in [0.15, 0.2) is 6.61 Å². The summed E-state index contributed by atoms with van der Waals surface area (Å²) in [6, 6.07) is 17.1. The van der Waals surface area contributed by atoms with E-state index in [0.717, 1.165) is 39.3 Å². The minimum Gasteiger partial charge on any atom is -0.455 e. The van der Waals surface area contributed by atoms with Crippen LogP contribution in [0.25, 0.3) is 10.8 Å². The highest BCUT2D eigenvalue weighted by atomic mass is 32.2. The molecule has 0 saturated heterocycles. The fourth-order valence-corrected chi connectivity index (χ4v) is 3.88. The maximum atomic E-state index is 13.0. The molecule has 0 bridgehead atoms. The molecular weight excluding hydrogens is 411 g/mol. The molecule has 0 fully saturated rings. The molecule has 0 saturated carbocycles. The van der Waals surface area contributed by atoms with Crippen molar-refractivity contribution < 1.29 is 27.1 Å². The topological polar surface area (TPSA) is 92.8 Å². The highest BCUT2D eigenvalue weighted by Crippen LogP contribution is 2.22. The van der Waals surface area contributed by atoms with Crippen LogP contribution >= 0.6 is 0 Å². The van der Waals surface area contributed by atoms with Gasteiger partial charge in [0, 0.05) is 18.1 Å². The molecule has 0 atom stereocenters. The number of anilines is 1. The Labute approximate surface area is 173 Å². The predicted molar refractivity (Wildman–Crippen MR) is 110 cm³/mol. The van der Waals surface area contributed by atoms with Crippen LogP contribution in [0.15, 0.2) is 71.6 Å².